The first-order valence-corrected chi connectivity index (χ1v) is 6.59. The molecule has 0 fully saturated rings. The zero-order chi connectivity index (χ0) is 13.3. The van der Waals surface area contributed by atoms with Gasteiger partial charge in [0, 0.05) is 10.1 Å². The Balaban J connectivity index is 2.34. The van der Waals surface area contributed by atoms with E-state index in [1.54, 1.807) is 6.92 Å². The van der Waals surface area contributed by atoms with E-state index >= 15 is 0 Å². The zero-order valence-corrected chi connectivity index (χ0v) is 11.9. The Bertz CT molecular complexity index is 624. The van der Waals surface area contributed by atoms with Gasteiger partial charge in [-0.05, 0) is 47.2 Å². The molecule has 94 valence electrons. The molecule has 0 heterocycles. The van der Waals surface area contributed by atoms with Gasteiger partial charge in [0.2, 0.25) is 10.9 Å². The van der Waals surface area contributed by atoms with Crippen molar-refractivity contribution in [2.24, 2.45) is 0 Å². The van der Waals surface area contributed by atoms with Crippen molar-refractivity contribution >= 4 is 28.3 Å². The number of nitrogens with one attached hydrogen (secondary N) is 1. The average molecular weight is 357 g/mol. The van der Waals surface area contributed by atoms with Crippen molar-refractivity contribution in [3.8, 4) is 11.1 Å². The lowest BCUT2D eigenvalue weighted by molar-refractivity contribution is 0.208. The van der Waals surface area contributed by atoms with E-state index in [0.717, 1.165) is 9.13 Å². The maximum absolute atomic E-state index is 11.6. The maximum Gasteiger partial charge on any atom is 0.250 e. The molecule has 0 spiro atoms. The van der Waals surface area contributed by atoms with Gasteiger partial charge in [-0.1, -0.05) is 12.1 Å². The molecule has 0 aromatic heterocycles. The second-order valence-electron chi connectivity index (χ2n) is 4.15. The molecule has 0 aliphatic rings. The fraction of sp³-hybridized carbons (Fsp3) is 0.231. The summed E-state index contributed by atoms with van der Waals surface area (Å²) in [5, 5.41) is 12.0. The van der Waals surface area contributed by atoms with Gasteiger partial charge in [-0.15, -0.1) is 0 Å². The number of halogens is 1. The first kappa shape index (κ1) is 13.2. The number of hydrogen-bond donors (Lipinski definition) is 2. The minimum atomic E-state index is -0.570. The van der Waals surface area contributed by atoms with E-state index in [9.17, 15) is 14.7 Å². The Morgan fingerprint density at radius 1 is 1.22 bits per heavy atom. The van der Waals surface area contributed by atoms with Crippen LogP contribution in [0.5, 0.6) is 0 Å². The zero-order valence-electron chi connectivity index (χ0n) is 9.74. The highest BCUT2D eigenvalue weighted by Gasteiger charge is 2.21. The lowest BCUT2D eigenvalue weighted by Crippen LogP contribution is -2.37. The van der Waals surface area contributed by atoms with Crippen LogP contribution < -0.4 is 16.2 Å². The number of anilines is 1. The Morgan fingerprint density at radius 3 is 2.39 bits per heavy atom. The third-order valence-corrected chi connectivity index (χ3v) is 3.34. The van der Waals surface area contributed by atoms with E-state index in [1.165, 1.54) is 0 Å². The summed E-state index contributed by atoms with van der Waals surface area (Å²) in [6, 6.07) is 7.38. The molecule has 2 aromatic rings. The molecule has 0 radical (unpaired) electrons. The Labute approximate surface area is 117 Å². The molecule has 18 heavy (non-hydrogen) atoms. The summed E-state index contributed by atoms with van der Waals surface area (Å²) in [4.78, 5) is 23.1. The van der Waals surface area contributed by atoms with Gasteiger partial charge in [0.1, 0.15) is 0 Å². The Kier molecular flexibility index (Phi) is 3.82. The SMILES string of the molecule is C[C@@H](O)CNc1c(-c2ccc(I)cc2)c(=O)c1=O. The standard InChI is InChI=1S/C13H12INO3/c1-7(16)6-15-11-10(12(17)13(11)18)8-2-4-9(14)5-3-8/h2-5,7,15-16H,6H2,1H3/t7-/m1/s1. The normalized spacial score (nSPS) is 12.6. The van der Waals surface area contributed by atoms with Crippen molar-refractivity contribution < 1.29 is 5.11 Å². The smallest absolute Gasteiger partial charge is 0.250 e. The van der Waals surface area contributed by atoms with Crippen LogP contribution in [0.25, 0.3) is 11.1 Å². The summed E-state index contributed by atoms with van der Waals surface area (Å²) >= 11 is 2.17. The summed E-state index contributed by atoms with van der Waals surface area (Å²) in [5.41, 5.74) is 0.473. The predicted molar refractivity (Wildman–Crippen MR) is 79.7 cm³/mol. The summed E-state index contributed by atoms with van der Waals surface area (Å²) in [7, 11) is 0. The number of benzene rings is 1. The van der Waals surface area contributed by atoms with E-state index < -0.39 is 17.0 Å². The van der Waals surface area contributed by atoms with Crippen LogP contribution in [0.2, 0.25) is 0 Å². The van der Waals surface area contributed by atoms with E-state index in [4.69, 9.17) is 0 Å². The molecule has 2 N–H and O–H groups in total. The molecule has 0 saturated carbocycles. The predicted octanol–water partition coefficient (Wildman–Crippen LogP) is 1.35. The number of rotatable bonds is 4. The van der Waals surface area contributed by atoms with Gasteiger partial charge in [-0.25, -0.2) is 0 Å². The van der Waals surface area contributed by atoms with Gasteiger partial charge in [-0.3, -0.25) is 9.59 Å². The topological polar surface area (TPSA) is 66.4 Å². The molecule has 2 aromatic carbocycles. The van der Waals surface area contributed by atoms with Crippen molar-refractivity contribution in [3.63, 3.8) is 0 Å². The highest BCUT2D eigenvalue weighted by Crippen LogP contribution is 2.24. The average Bonchev–Trinajstić information content (AvgIpc) is 2.34. The summed E-state index contributed by atoms with van der Waals surface area (Å²) < 4.78 is 1.06. The van der Waals surface area contributed by atoms with E-state index in [2.05, 4.69) is 27.9 Å². The molecule has 1 atom stereocenters. The van der Waals surface area contributed by atoms with Gasteiger partial charge >= 0.3 is 0 Å². The van der Waals surface area contributed by atoms with Crippen molar-refractivity contribution in [1.82, 2.24) is 0 Å². The molecule has 0 aliphatic carbocycles. The van der Waals surface area contributed by atoms with Crippen LogP contribution in [0.15, 0.2) is 33.9 Å². The molecular weight excluding hydrogens is 345 g/mol. The van der Waals surface area contributed by atoms with Crippen LogP contribution in [0, 0.1) is 3.57 Å². The van der Waals surface area contributed by atoms with Crippen LogP contribution in [-0.4, -0.2) is 17.8 Å². The first-order chi connectivity index (χ1) is 8.50. The Morgan fingerprint density at radius 2 is 1.83 bits per heavy atom. The molecule has 4 nitrogen and oxygen atoms in total. The van der Waals surface area contributed by atoms with Crippen molar-refractivity contribution in [2.75, 3.05) is 11.9 Å². The van der Waals surface area contributed by atoms with Crippen LogP contribution in [-0.2, 0) is 0 Å². The lowest BCUT2D eigenvalue weighted by atomic mass is 9.98. The number of hydrogen-bond acceptors (Lipinski definition) is 4. The van der Waals surface area contributed by atoms with Gasteiger partial charge in [0.25, 0.3) is 0 Å². The molecule has 0 aliphatic heterocycles. The quantitative estimate of drug-likeness (QED) is 0.641. The van der Waals surface area contributed by atoms with Crippen LogP contribution in [0.3, 0.4) is 0 Å². The van der Waals surface area contributed by atoms with E-state index in [1.807, 2.05) is 24.3 Å². The van der Waals surface area contributed by atoms with Gasteiger partial charge in [0.15, 0.2) is 0 Å². The molecular formula is C13H12INO3. The molecule has 0 bridgehead atoms. The Hall–Kier alpha value is -1.21. The number of aliphatic hydroxyl groups excluding tert-OH is 1. The summed E-state index contributed by atoms with van der Waals surface area (Å²) in [5.74, 6) is 0. The lowest BCUT2D eigenvalue weighted by Gasteiger charge is -2.14. The fourth-order valence-electron chi connectivity index (χ4n) is 1.70. The molecule has 2 rings (SSSR count). The second kappa shape index (κ2) is 5.19. The fourth-order valence-corrected chi connectivity index (χ4v) is 2.06. The first-order valence-electron chi connectivity index (χ1n) is 5.52. The highest BCUT2D eigenvalue weighted by atomic mass is 127. The van der Waals surface area contributed by atoms with Gasteiger partial charge < -0.3 is 10.4 Å². The highest BCUT2D eigenvalue weighted by molar-refractivity contribution is 14.1. The van der Waals surface area contributed by atoms with Crippen LogP contribution in [0.1, 0.15) is 6.92 Å². The molecule has 0 amide bonds. The van der Waals surface area contributed by atoms with Crippen molar-refractivity contribution in [1.29, 1.82) is 0 Å². The third kappa shape index (κ3) is 2.46. The molecule has 0 saturated heterocycles. The number of aliphatic hydroxyl groups is 1. The van der Waals surface area contributed by atoms with Gasteiger partial charge in [-0.2, -0.15) is 0 Å². The van der Waals surface area contributed by atoms with Crippen LogP contribution >= 0.6 is 22.6 Å². The summed E-state index contributed by atoms with van der Waals surface area (Å²) in [6.07, 6.45) is -0.570. The largest absolute Gasteiger partial charge is 0.392 e. The van der Waals surface area contributed by atoms with Crippen molar-refractivity contribution in [2.45, 2.75) is 13.0 Å². The van der Waals surface area contributed by atoms with Gasteiger partial charge in [0.05, 0.1) is 17.4 Å². The van der Waals surface area contributed by atoms with Crippen molar-refractivity contribution in [3.05, 3.63) is 48.3 Å². The van der Waals surface area contributed by atoms with Crippen LogP contribution in [0.4, 0.5) is 5.69 Å². The van der Waals surface area contributed by atoms with E-state index in [-0.39, 0.29) is 6.54 Å². The monoisotopic (exact) mass is 357 g/mol. The molecule has 5 heteroatoms. The minimum absolute atomic E-state index is 0.252. The minimum Gasteiger partial charge on any atom is -0.392 e. The summed E-state index contributed by atoms with van der Waals surface area (Å²) in [6.45, 7) is 1.87. The second-order valence-corrected chi connectivity index (χ2v) is 5.39. The third-order valence-electron chi connectivity index (χ3n) is 2.62. The molecule has 0 unspecified atom stereocenters. The maximum atomic E-state index is 11.6. The van der Waals surface area contributed by atoms with E-state index in [0.29, 0.717) is 11.3 Å².